The highest BCUT2D eigenvalue weighted by Gasteiger charge is 2.29. The lowest BCUT2D eigenvalue weighted by Crippen LogP contribution is -2.42. The fourth-order valence-corrected chi connectivity index (χ4v) is 13.8. The third-order valence-corrected chi connectivity index (χ3v) is 20.5. The minimum absolute atomic E-state index is 0. The van der Waals surface area contributed by atoms with Gasteiger partial charge in [-0.25, -0.2) is 97.0 Å². The lowest BCUT2D eigenvalue weighted by Gasteiger charge is -2.21. The van der Waals surface area contributed by atoms with E-state index in [1.54, 1.807) is 201 Å². The number of hydrogen-bond acceptors (Lipinski definition) is 16. The molecular formula is C58H105N9O14S7. The van der Waals surface area contributed by atoms with Gasteiger partial charge in [0.05, 0.1) is 30.6 Å². The molecule has 0 unspecified atom stereocenters. The number of nitrogens with zero attached hydrogens (tertiary/aromatic N) is 2. The molecule has 5 rings (SSSR count). The van der Waals surface area contributed by atoms with Crippen molar-refractivity contribution in [2.24, 2.45) is 0 Å². The summed E-state index contributed by atoms with van der Waals surface area (Å²) in [6.45, 7) is 32.0. The fourth-order valence-electron chi connectivity index (χ4n) is 5.74. The summed E-state index contributed by atoms with van der Waals surface area (Å²) >= 11 is 0. The van der Waals surface area contributed by atoms with E-state index < -0.39 is 74.9 Å². The zero-order chi connectivity index (χ0) is 66.4. The van der Waals surface area contributed by atoms with Gasteiger partial charge in [0, 0.05) is 60.9 Å². The van der Waals surface area contributed by atoms with Gasteiger partial charge in [-0.2, -0.15) is 0 Å². The predicted molar refractivity (Wildman–Crippen MR) is 360 cm³/mol. The van der Waals surface area contributed by atoms with Crippen LogP contribution in [0.5, 0.6) is 0 Å². The van der Waals surface area contributed by atoms with Gasteiger partial charge in [-0.05, 0) is 185 Å². The molecule has 0 saturated carbocycles. The summed E-state index contributed by atoms with van der Waals surface area (Å²) in [4.78, 5) is 8.68. The van der Waals surface area contributed by atoms with Crippen LogP contribution in [0.4, 0.5) is 0 Å². The van der Waals surface area contributed by atoms with E-state index in [0.717, 1.165) is 11.8 Å². The second-order valence-electron chi connectivity index (χ2n) is 21.6. The largest absolute Gasteiger partial charge is 0.265 e. The van der Waals surface area contributed by atoms with Crippen molar-refractivity contribution in [1.82, 2.24) is 43.0 Å². The third-order valence-electron chi connectivity index (χ3n) is 8.91. The summed E-state index contributed by atoms with van der Waals surface area (Å²) in [7, 11) is -22.8. The third kappa shape index (κ3) is 42.3. The van der Waals surface area contributed by atoms with Gasteiger partial charge in [-0.1, -0.05) is 82.4 Å². The number of nitrogens with one attached hydrogen (secondary N) is 7. The first-order chi connectivity index (χ1) is 38.6. The second kappa shape index (κ2) is 42.4. The molecule has 0 amide bonds. The second-order valence-corrected chi connectivity index (χ2v) is 34.4. The number of hydrogen-bond donors (Lipinski definition) is 7. The number of sulfonamides is 7. The van der Waals surface area contributed by atoms with Crippen LogP contribution < -0.4 is 33.1 Å². The Labute approximate surface area is 532 Å². The number of rotatable bonds is 19. The zero-order valence-electron chi connectivity index (χ0n) is 52.2. The normalized spacial score (nSPS) is 11.8. The lowest BCUT2D eigenvalue weighted by molar-refractivity contribution is 0.534. The molecule has 30 heteroatoms. The topological polar surface area (TPSA) is 349 Å². The molecule has 0 bridgehead atoms. The van der Waals surface area contributed by atoms with Crippen molar-refractivity contribution in [2.75, 3.05) is 6.26 Å². The maximum atomic E-state index is 11.6. The van der Waals surface area contributed by atoms with E-state index in [1.807, 2.05) is 20.8 Å². The fraction of sp³-hybridized carbons (Fsp3) is 0.517. The van der Waals surface area contributed by atoms with E-state index >= 15 is 0 Å². The first-order valence-electron chi connectivity index (χ1n) is 26.7. The van der Waals surface area contributed by atoms with Crippen LogP contribution in [0.25, 0.3) is 0 Å². The molecule has 88 heavy (non-hydrogen) atoms. The van der Waals surface area contributed by atoms with Crippen molar-refractivity contribution in [3.63, 3.8) is 0 Å². The molecule has 0 saturated heterocycles. The Morgan fingerprint density at radius 1 is 0.330 bits per heavy atom. The molecule has 0 aliphatic rings. The monoisotopic (exact) mass is 1380 g/mol. The number of aryl methyl sites for hydroxylation is 1. The summed E-state index contributed by atoms with van der Waals surface area (Å²) in [5, 5.41) is 0.0590. The molecule has 3 aromatic carbocycles. The summed E-state index contributed by atoms with van der Waals surface area (Å²) in [5.41, 5.74) is 1.05. The summed E-state index contributed by atoms with van der Waals surface area (Å²) in [5.74, 6) is 0. The van der Waals surface area contributed by atoms with E-state index in [1.165, 1.54) is 36.8 Å². The highest BCUT2D eigenvalue weighted by atomic mass is 32.2. The molecule has 23 nitrogen and oxygen atoms in total. The van der Waals surface area contributed by atoms with E-state index in [0.29, 0.717) is 14.7 Å². The Balaban J connectivity index is -0.000000304. The van der Waals surface area contributed by atoms with Crippen LogP contribution >= 0.6 is 0 Å². The lowest BCUT2D eigenvalue weighted by atomic mass is 10.2. The van der Waals surface area contributed by atoms with E-state index in [-0.39, 0.29) is 74.5 Å². The average molecular weight is 1380 g/mol. The van der Waals surface area contributed by atoms with Crippen LogP contribution in [0, 0.1) is 6.92 Å². The van der Waals surface area contributed by atoms with Gasteiger partial charge in [-0.3, -0.25) is 4.98 Å². The van der Waals surface area contributed by atoms with Crippen molar-refractivity contribution in [1.29, 1.82) is 0 Å². The Morgan fingerprint density at radius 2 is 0.602 bits per heavy atom. The molecule has 0 aliphatic carbocycles. The maximum Gasteiger partial charge on any atom is 0.258 e. The zero-order valence-corrected chi connectivity index (χ0v) is 57.9. The average Bonchev–Trinajstić information content (AvgIpc) is 2.63. The smallest absolute Gasteiger partial charge is 0.258 e. The Morgan fingerprint density at radius 3 is 0.841 bits per heavy atom. The van der Waals surface area contributed by atoms with Crippen molar-refractivity contribution < 1.29 is 58.9 Å². The van der Waals surface area contributed by atoms with Crippen LogP contribution in [0.15, 0.2) is 158 Å². The molecule has 0 radical (unpaired) electrons. The standard InChI is InChI=1S/C10H15NO2S.2C9H13NO2S.2C8H12N2O2S.C7H17NO2S.C4H11NO2S.3CH4/c1-8(2)11-14(12,13)10-6-4-9(3)5-7-10;2*1-8(2)10-13(11,12)9-6-4-3-5-7-9;1-7(2)10-13(11,12)8-3-5-9-6-4-8;1-7(2)10-13(11,12)8-5-3-4-6-9-8;1-6(2)8-11(9,10)7(3,4)5;1-4(2)5-8(3,6)7;;;/h4-8,11H,1-3H3;2*3-8,10H,1-2H3;2*3-7,10H,1-2H3;6,8H,1-5H3;4-5H,1-3H3;3*1H4. The predicted octanol–water partition coefficient (Wildman–Crippen LogP) is 8.93. The molecule has 0 fully saturated rings. The van der Waals surface area contributed by atoms with Gasteiger partial charge >= 0.3 is 0 Å². The SMILES string of the molecule is C.C.C.CC(C)NS(=O)(=O)C(C)(C)C.CC(C)NS(=O)(=O)c1ccccc1.CC(C)NS(=O)(=O)c1ccccc1.CC(C)NS(=O)(=O)c1ccccn1.CC(C)NS(=O)(=O)c1ccncc1.CC(C)NS(C)(=O)=O.Cc1ccc(S(=O)(=O)NC(C)C)cc1. The van der Waals surface area contributed by atoms with Crippen LogP contribution in [0.1, 0.15) is 146 Å². The summed E-state index contributed by atoms with van der Waals surface area (Å²) < 4.78 is 175. The van der Waals surface area contributed by atoms with Gasteiger partial charge < -0.3 is 0 Å². The maximum absolute atomic E-state index is 11.6. The van der Waals surface area contributed by atoms with Crippen LogP contribution in [0.3, 0.4) is 0 Å². The molecule has 0 aliphatic heterocycles. The van der Waals surface area contributed by atoms with Gasteiger partial charge in [0.1, 0.15) is 0 Å². The van der Waals surface area contributed by atoms with Gasteiger partial charge in [0.2, 0.25) is 60.1 Å². The Hall–Kier alpha value is -4.67. The van der Waals surface area contributed by atoms with Crippen molar-refractivity contribution in [3.8, 4) is 0 Å². The molecular weight excluding hydrogens is 1270 g/mol. The quantitative estimate of drug-likeness (QED) is 0.0405. The van der Waals surface area contributed by atoms with Crippen molar-refractivity contribution in [2.45, 2.75) is 219 Å². The van der Waals surface area contributed by atoms with Gasteiger partial charge in [0.25, 0.3) is 10.0 Å². The Bertz CT molecular complexity index is 3190. The van der Waals surface area contributed by atoms with Gasteiger partial charge in [-0.15, -0.1) is 0 Å². The van der Waals surface area contributed by atoms with Crippen LogP contribution in [-0.2, 0) is 70.2 Å². The molecule has 0 atom stereocenters. The minimum atomic E-state index is -3.42. The van der Waals surface area contributed by atoms with Crippen LogP contribution in [0.2, 0.25) is 0 Å². The summed E-state index contributed by atoms with van der Waals surface area (Å²) in [6, 6.07) is 30.7. The van der Waals surface area contributed by atoms with E-state index in [4.69, 9.17) is 0 Å². The molecule has 0 spiro atoms. The molecule has 7 N–H and O–H groups in total. The van der Waals surface area contributed by atoms with Crippen LogP contribution in [-0.4, -0.2) is 122 Å². The number of pyridine rings is 2. The Kier molecular flexibility index (Phi) is 44.4. The van der Waals surface area contributed by atoms with E-state index in [2.05, 4.69) is 43.0 Å². The van der Waals surface area contributed by atoms with E-state index in [9.17, 15) is 58.9 Å². The summed E-state index contributed by atoms with van der Waals surface area (Å²) in [6.07, 6.45) is 5.51. The number of aromatic nitrogens is 2. The minimum Gasteiger partial charge on any atom is -0.265 e. The van der Waals surface area contributed by atoms with Gasteiger partial charge in [0.15, 0.2) is 5.03 Å². The van der Waals surface area contributed by atoms with Crippen molar-refractivity contribution >= 4 is 70.2 Å². The molecule has 5 aromatic rings. The molecule has 2 heterocycles. The highest BCUT2D eigenvalue weighted by Crippen LogP contribution is 2.14. The molecule has 2 aromatic heterocycles. The first kappa shape index (κ1) is 92.1. The highest BCUT2D eigenvalue weighted by molar-refractivity contribution is 7.91. The van der Waals surface area contributed by atoms with Crippen molar-refractivity contribution in [3.05, 3.63) is 139 Å². The first-order valence-corrected chi connectivity index (χ1v) is 37.5. The molecule has 508 valence electrons. The number of benzene rings is 3.